The number of hydroxylamine groups is 6. The van der Waals surface area contributed by atoms with Crippen LogP contribution in [-0.2, 0) is 9.47 Å². The van der Waals surface area contributed by atoms with Crippen molar-refractivity contribution in [2.75, 3.05) is 105 Å². The monoisotopic (exact) mass is 406 g/mol. The first kappa shape index (κ1) is 22.3. The standard InChI is InChI=1S/C18H38N4O6/c23-17(13-19-1-9-27-10-2-19)15-21(25)5-7-22(26,8-6-21)16-18(24)14-20-3-11-28-12-4-20/h17-18,23-26H,1-16H2/q+2. The van der Waals surface area contributed by atoms with Crippen LogP contribution in [0.3, 0.4) is 0 Å². The molecule has 10 heteroatoms. The van der Waals surface area contributed by atoms with E-state index in [1.165, 1.54) is 0 Å². The third kappa shape index (κ3) is 6.84. The number of hydrogen-bond acceptors (Lipinski definition) is 8. The topological polar surface area (TPSA) is 106 Å². The molecule has 0 bridgehead atoms. The largest absolute Gasteiger partial charge is 0.386 e. The summed E-state index contributed by atoms with van der Waals surface area (Å²) in [6.45, 7) is 8.98. The second kappa shape index (κ2) is 10.1. The summed E-state index contributed by atoms with van der Waals surface area (Å²) >= 11 is 0. The zero-order valence-corrected chi connectivity index (χ0v) is 16.9. The minimum absolute atomic E-state index is 0.231. The Balaban J connectivity index is 1.40. The number of hydrogen-bond donors (Lipinski definition) is 4. The SMILES string of the molecule is OC(CN1CCOCC1)C[N+]1(O)CC[N+](O)(CC(O)CN2CCOCC2)CC1. The zero-order chi connectivity index (χ0) is 20.0. The number of aliphatic hydroxyl groups is 2. The fourth-order valence-electron chi connectivity index (χ4n) is 4.40. The van der Waals surface area contributed by atoms with Gasteiger partial charge in [0.2, 0.25) is 0 Å². The average molecular weight is 407 g/mol. The Bertz CT molecular complexity index is 423. The molecule has 3 aliphatic rings. The molecule has 3 heterocycles. The molecule has 3 aliphatic heterocycles. The van der Waals surface area contributed by atoms with E-state index in [1.807, 2.05) is 0 Å². The fraction of sp³-hybridized carbons (Fsp3) is 1.00. The number of morpholine rings is 2. The summed E-state index contributed by atoms with van der Waals surface area (Å²) in [6, 6.07) is 0. The predicted octanol–water partition coefficient (Wildman–Crippen LogP) is -2.20. The molecule has 0 spiro atoms. The third-order valence-corrected chi connectivity index (χ3v) is 6.11. The summed E-state index contributed by atoms with van der Waals surface area (Å²) < 4.78 is 10.2. The molecule has 164 valence electrons. The van der Waals surface area contributed by atoms with Crippen LogP contribution < -0.4 is 0 Å². The van der Waals surface area contributed by atoms with E-state index in [1.54, 1.807) is 0 Å². The maximum atomic E-state index is 10.8. The summed E-state index contributed by atoms with van der Waals surface area (Å²) in [6.07, 6.45) is -1.23. The van der Waals surface area contributed by atoms with Crippen molar-refractivity contribution >= 4 is 0 Å². The normalized spacial score (nSPS) is 35.6. The zero-order valence-electron chi connectivity index (χ0n) is 16.9. The van der Waals surface area contributed by atoms with E-state index < -0.39 is 12.2 Å². The predicted molar refractivity (Wildman–Crippen MR) is 99.8 cm³/mol. The number of aliphatic hydroxyl groups excluding tert-OH is 2. The Morgan fingerprint density at radius 2 is 0.964 bits per heavy atom. The van der Waals surface area contributed by atoms with Gasteiger partial charge in [-0.15, -0.1) is 0 Å². The molecule has 0 radical (unpaired) electrons. The summed E-state index contributed by atoms with van der Waals surface area (Å²) in [5.74, 6) is 0. The third-order valence-electron chi connectivity index (χ3n) is 6.11. The van der Waals surface area contributed by atoms with Crippen LogP contribution in [0.2, 0.25) is 0 Å². The van der Waals surface area contributed by atoms with Gasteiger partial charge < -0.3 is 19.7 Å². The molecule has 4 N–H and O–H groups in total. The summed E-state index contributed by atoms with van der Waals surface area (Å²) in [5.41, 5.74) is 0. The highest BCUT2D eigenvalue weighted by Gasteiger charge is 2.44. The van der Waals surface area contributed by atoms with Gasteiger partial charge in [0.1, 0.15) is 25.3 Å². The minimum atomic E-state index is -0.617. The van der Waals surface area contributed by atoms with E-state index in [0.29, 0.717) is 65.7 Å². The van der Waals surface area contributed by atoms with Crippen molar-refractivity contribution < 1.29 is 39.4 Å². The number of nitrogens with zero attached hydrogens (tertiary/aromatic N) is 4. The maximum Gasteiger partial charge on any atom is 0.161 e. The Morgan fingerprint density at radius 1 is 0.643 bits per heavy atom. The molecular formula is C18H38N4O6+2. The molecule has 0 aromatic heterocycles. The second-order valence-electron chi connectivity index (χ2n) is 8.58. The Labute approximate surface area is 167 Å². The van der Waals surface area contributed by atoms with Gasteiger partial charge >= 0.3 is 0 Å². The van der Waals surface area contributed by atoms with Gasteiger partial charge in [0.05, 0.1) is 26.4 Å². The van der Waals surface area contributed by atoms with Crippen LogP contribution in [0.1, 0.15) is 0 Å². The highest BCUT2D eigenvalue weighted by Crippen LogP contribution is 2.17. The van der Waals surface area contributed by atoms with Crippen LogP contribution in [0.25, 0.3) is 0 Å². The van der Waals surface area contributed by atoms with Crippen LogP contribution in [0.4, 0.5) is 0 Å². The fourth-order valence-corrected chi connectivity index (χ4v) is 4.40. The van der Waals surface area contributed by atoms with Gasteiger partial charge in [0, 0.05) is 39.3 Å². The van der Waals surface area contributed by atoms with Crippen molar-refractivity contribution in [2.24, 2.45) is 0 Å². The number of β-amino-alcohol motifs (C(OH)–C–C–N with tert-alkyl or cyclic N) is 2. The summed E-state index contributed by atoms with van der Waals surface area (Å²) in [4.78, 5) is 4.30. The Kier molecular flexibility index (Phi) is 8.02. The molecular weight excluding hydrogens is 368 g/mol. The molecule has 0 amide bonds. The van der Waals surface area contributed by atoms with Crippen LogP contribution in [-0.4, -0.2) is 157 Å². The molecule has 0 aliphatic carbocycles. The van der Waals surface area contributed by atoms with Crippen molar-refractivity contribution in [3.05, 3.63) is 0 Å². The van der Waals surface area contributed by atoms with Crippen LogP contribution in [0, 0.1) is 0 Å². The molecule has 3 saturated heterocycles. The summed E-state index contributed by atoms with van der Waals surface area (Å²) in [5, 5.41) is 42.4. The number of ether oxygens (including phenoxy) is 2. The smallest absolute Gasteiger partial charge is 0.161 e. The van der Waals surface area contributed by atoms with Crippen molar-refractivity contribution in [3.8, 4) is 0 Å². The van der Waals surface area contributed by atoms with Gasteiger partial charge in [-0.2, -0.15) is 9.29 Å². The van der Waals surface area contributed by atoms with Gasteiger partial charge in [-0.3, -0.25) is 9.80 Å². The highest BCUT2D eigenvalue weighted by molar-refractivity contribution is 4.69. The molecule has 3 rings (SSSR count). The van der Waals surface area contributed by atoms with Crippen molar-refractivity contribution in [3.63, 3.8) is 0 Å². The van der Waals surface area contributed by atoms with Gasteiger partial charge in [-0.05, 0) is 0 Å². The minimum Gasteiger partial charge on any atom is -0.386 e. The van der Waals surface area contributed by atoms with Gasteiger partial charge in [0.25, 0.3) is 0 Å². The molecule has 0 aromatic rings. The first-order valence-corrected chi connectivity index (χ1v) is 10.5. The molecule has 0 aromatic carbocycles. The lowest BCUT2D eigenvalue weighted by Gasteiger charge is -2.43. The lowest BCUT2D eigenvalue weighted by Crippen LogP contribution is -2.67. The molecule has 28 heavy (non-hydrogen) atoms. The molecule has 2 unspecified atom stereocenters. The van der Waals surface area contributed by atoms with E-state index in [9.17, 15) is 20.6 Å². The lowest BCUT2D eigenvalue weighted by molar-refractivity contribution is -1.19. The molecule has 0 saturated carbocycles. The van der Waals surface area contributed by atoms with Gasteiger partial charge in [-0.1, -0.05) is 0 Å². The number of rotatable bonds is 8. The molecule has 10 nitrogen and oxygen atoms in total. The van der Waals surface area contributed by atoms with Crippen LogP contribution in [0.15, 0.2) is 0 Å². The number of piperazine rings is 1. The van der Waals surface area contributed by atoms with Gasteiger partial charge in [0.15, 0.2) is 26.2 Å². The van der Waals surface area contributed by atoms with Gasteiger partial charge in [-0.25, -0.2) is 10.4 Å². The van der Waals surface area contributed by atoms with Crippen molar-refractivity contribution in [2.45, 2.75) is 12.2 Å². The van der Waals surface area contributed by atoms with Crippen LogP contribution >= 0.6 is 0 Å². The average Bonchev–Trinajstić information content (AvgIpc) is 2.66. The van der Waals surface area contributed by atoms with Crippen LogP contribution in [0.5, 0.6) is 0 Å². The quantitative estimate of drug-likeness (QED) is 0.337. The Morgan fingerprint density at radius 3 is 1.29 bits per heavy atom. The second-order valence-corrected chi connectivity index (χ2v) is 8.58. The summed E-state index contributed by atoms with van der Waals surface area (Å²) in [7, 11) is 0. The lowest BCUT2D eigenvalue weighted by atomic mass is 10.2. The van der Waals surface area contributed by atoms with E-state index in [4.69, 9.17) is 9.47 Å². The van der Waals surface area contributed by atoms with E-state index in [2.05, 4.69) is 9.80 Å². The maximum absolute atomic E-state index is 10.8. The first-order chi connectivity index (χ1) is 13.4. The number of quaternary nitrogens is 2. The van der Waals surface area contributed by atoms with E-state index >= 15 is 0 Å². The van der Waals surface area contributed by atoms with Crippen molar-refractivity contribution in [1.29, 1.82) is 0 Å². The Hall–Kier alpha value is -0.400. The van der Waals surface area contributed by atoms with Crippen molar-refractivity contribution in [1.82, 2.24) is 9.80 Å². The first-order valence-electron chi connectivity index (χ1n) is 10.5. The molecule has 3 fully saturated rings. The highest BCUT2D eigenvalue weighted by atomic mass is 16.6. The van der Waals surface area contributed by atoms with E-state index in [0.717, 1.165) is 26.2 Å². The molecule has 2 atom stereocenters. The van der Waals surface area contributed by atoms with E-state index in [-0.39, 0.29) is 22.4 Å².